The third-order valence-electron chi connectivity index (χ3n) is 1.50. The number of halogens is 1. The molecular weight excluding hydrogens is 288 g/mol. The van der Waals surface area contributed by atoms with E-state index in [1.165, 1.54) is 34.4 Å². The molecule has 0 aromatic heterocycles. The second kappa shape index (κ2) is 5.25. The van der Waals surface area contributed by atoms with Crippen LogP contribution in [0, 0.1) is 0 Å². The molecule has 0 aliphatic heterocycles. The van der Waals surface area contributed by atoms with E-state index >= 15 is 0 Å². The molecule has 0 atom stereocenters. The van der Waals surface area contributed by atoms with Gasteiger partial charge in [0.15, 0.2) is 0 Å². The molecule has 0 saturated carbocycles. The molecule has 0 fully saturated rings. The molecule has 10 heavy (non-hydrogen) atoms. The molecule has 0 amide bonds. The van der Waals surface area contributed by atoms with Crippen LogP contribution in [0.25, 0.3) is 0 Å². The van der Waals surface area contributed by atoms with Gasteiger partial charge in [-0.25, -0.2) is 0 Å². The molecule has 0 nitrogen and oxygen atoms in total. The van der Waals surface area contributed by atoms with Crippen LogP contribution in [0.2, 0.25) is 0 Å². The van der Waals surface area contributed by atoms with E-state index in [9.17, 15) is 0 Å². The first-order valence-corrected chi connectivity index (χ1v) is 4.73. The molecule has 0 heterocycles. The van der Waals surface area contributed by atoms with Crippen molar-refractivity contribution in [2.24, 2.45) is 0 Å². The smallest absolute Gasteiger partial charge is 0.107 e. The van der Waals surface area contributed by atoms with Gasteiger partial charge in [-0.2, -0.15) is 0 Å². The summed E-state index contributed by atoms with van der Waals surface area (Å²) in [5.41, 5.74) is 1.51. The number of hydrogen-bond acceptors (Lipinski definition) is 0. The molecule has 0 aliphatic carbocycles. The molecular formula is C8H10IZn. The summed E-state index contributed by atoms with van der Waals surface area (Å²) in [7, 11) is 0. The minimum Gasteiger partial charge on any atom is -0.107 e. The van der Waals surface area contributed by atoms with Crippen molar-refractivity contribution in [3.63, 3.8) is 0 Å². The summed E-state index contributed by atoms with van der Waals surface area (Å²) in [5, 5.41) is 0. The Balaban J connectivity index is 0.000000810. The molecule has 0 spiro atoms. The van der Waals surface area contributed by atoms with Gasteiger partial charge in [-0.3, -0.25) is 0 Å². The Morgan fingerprint density at radius 2 is 1.90 bits per heavy atom. The number of aryl methyl sites for hydroxylation is 1. The van der Waals surface area contributed by atoms with Crippen LogP contribution in [-0.4, -0.2) is 0 Å². The van der Waals surface area contributed by atoms with E-state index in [4.69, 9.17) is 0 Å². The van der Waals surface area contributed by atoms with E-state index in [-0.39, 0.29) is 24.0 Å². The van der Waals surface area contributed by atoms with Gasteiger partial charge in [-0.1, -0.05) is 0 Å². The summed E-state index contributed by atoms with van der Waals surface area (Å²) in [4.78, 5) is 0. The average molecular weight is 298 g/mol. The van der Waals surface area contributed by atoms with Crippen molar-refractivity contribution < 1.29 is 18.3 Å². The SMILES string of the molecule is CCc1cccc[c]1[Zn].I. The molecule has 51 valence electrons. The van der Waals surface area contributed by atoms with Crippen LogP contribution >= 0.6 is 24.0 Å². The van der Waals surface area contributed by atoms with E-state index in [2.05, 4.69) is 31.2 Å². The van der Waals surface area contributed by atoms with Gasteiger partial charge in [-0.15, -0.1) is 24.0 Å². The Labute approximate surface area is 89.1 Å². The summed E-state index contributed by atoms with van der Waals surface area (Å²) in [6, 6.07) is 8.63. The van der Waals surface area contributed by atoms with Gasteiger partial charge in [0.2, 0.25) is 0 Å². The Morgan fingerprint density at radius 3 is 2.30 bits per heavy atom. The maximum atomic E-state index is 2.21. The van der Waals surface area contributed by atoms with Crippen LogP contribution in [0.4, 0.5) is 0 Å². The van der Waals surface area contributed by atoms with Crippen molar-refractivity contribution in [1.82, 2.24) is 0 Å². The molecule has 0 radical (unpaired) electrons. The zero-order valence-electron chi connectivity index (χ0n) is 6.13. The Hall–Kier alpha value is 0.573. The molecule has 0 aliphatic rings. The maximum absolute atomic E-state index is 2.21. The number of rotatable bonds is 1. The maximum Gasteiger partial charge on any atom is -0.107 e. The first-order valence-electron chi connectivity index (χ1n) is 3.24. The van der Waals surface area contributed by atoms with Gasteiger partial charge >= 0.3 is 65.6 Å². The second-order valence-electron chi connectivity index (χ2n) is 2.12. The van der Waals surface area contributed by atoms with Crippen molar-refractivity contribution in [2.75, 3.05) is 0 Å². The van der Waals surface area contributed by atoms with Gasteiger partial charge in [-0.05, 0) is 0 Å². The Morgan fingerprint density at radius 1 is 1.30 bits per heavy atom. The standard InChI is InChI=1S/C8H9.HI.Zn/c1-2-8-6-4-3-5-7-8;;/h3-6H,2H2,1H3;1H;. The van der Waals surface area contributed by atoms with Crippen molar-refractivity contribution in [1.29, 1.82) is 0 Å². The predicted molar refractivity (Wildman–Crippen MR) is 50.9 cm³/mol. The van der Waals surface area contributed by atoms with E-state index < -0.39 is 0 Å². The normalized spacial score (nSPS) is 8.70. The number of hydrogen-bond donors (Lipinski definition) is 0. The second-order valence-corrected chi connectivity index (χ2v) is 3.72. The van der Waals surface area contributed by atoms with E-state index in [1.54, 1.807) is 0 Å². The fourth-order valence-corrected chi connectivity index (χ4v) is 1.96. The third-order valence-corrected chi connectivity index (χ3v) is 2.95. The summed E-state index contributed by atoms with van der Waals surface area (Å²) in [5.74, 6) is 0. The molecule has 1 aromatic carbocycles. The molecule has 1 aromatic rings. The van der Waals surface area contributed by atoms with Gasteiger partial charge in [0.25, 0.3) is 0 Å². The largest absolute Gasteiger partial charge is 0.107 e. The minimum absolute atomic E-state index is 0. The number of benzene rings is 1. The minimum atomic E-state index is 0. The van der Waals surface area contributed by atoms with Crippen LogP contribution in [-0.2, 0) is 24.7 Å². The van der Waals surface area contributed by atoms with E-state index in [0.29, 0.717) is 0 Å². The summed E-state index contributed by atoms with van der Waals surface area (Å²) in [6.45, 7) is 2.20. The van der Waals surface area contributed by atoms with Gasteiger partial charge in [0.05, 0.1) is 0 Å². The quantitative estimate of drug-likeness (QED) is 0.550. The van der Waals surface area contributed by atoms with Crippen LogP contribution in [0.3, 0.4) is 0 Å². The zero-order chi connectivity index (χ0) is 6.69. The van der Waals surface area contributed by atoms with Crippen LogP contribution in [0.1, 0.15) is 12.5 Å². The molecule has 0 unspecified atom stereocenters. The monoisotopic (exact) mass is 297 g/mol. The molecule has 0 N–H and O–H groups in total. The fraction of sp³-hybridized carbons (Fsp3) is 0.250. The van der Waals surface area contributed by atoms with E-state index in [1.807, 2.05) is 0 Å². The zero-order valence-corrected chi connectivity index (χ0v) is 11.4. The van der Waals surface area contributed by atoms with Gasteiger partial charge < -0.3 is 0 Å². The van der Waals surface area contributed by atoms with Crippen LogP contribution < -0.4 is 4.16 Å². The summed E-state index contributed by atoms with van der Waals surface area (Å²) >= 11 is 1.28. The third kappa shape index (κ3) is 2.67. The molecule has 0 bridgehead atoms. The molecule has 2 heteroatoms. The van der Waals surface area contributed by atoms with E-state index in [0.717, 1.165) is 0 Å². The molecule has 1 rings (SSSR count). The van der Waals surface area contributed by atoms with Crippen LogP contribution in [0.5, 0.6) is 0 Å². The molecule has 0 saturated heterocycles. The first-order chi connectivity index (χ1) is 4.34. The van der Waals surface area contributed by atoms with Crippen molar-refractivity contribution in [2.45, 2.75) is 13.3 Å². The van der Waals surface area contributed by atoms with Crippen LogP contribution in [0.15, 0.2) is 24.3 Å². The van der Waals surface area contributed by atoms with Crippen molar-refractivity contribution in [3.8, 4) is 0 Å². The Bertz CT molecular complexity index is 198. The van der Waals surface area contributed by atoms with Crippen molar-refractivity contribution >= 4 is 28.1 Å². The summed E-state index contributed by atoms with van der Waals surface area (Å²) < 4.78 is 1.53. The fourth-order valence-electron chi connectivity index (χ4n) is 0.902. The van der Waals surface area contributed by atoms with Gasteiger partial charge in [0.1, 0.15) is 0 Å². The average Bonchev–Trinajstić information content (AvgIpc) is 1.89. The summed E-state index contributed by atoms with van der Waals surface area (Å²) in [6.07, 6.45) is 1.18. The van der Waals surface area contributed by atoms with Gasteiger partial charge in [0, 0.05) is 0 Å². The predicted octanol–water partition coefficient (Wildman–Crippen LogP) is 2.04. The Kier molecular flexibility index (Phi) is 5.55. The first kappa shape index (κ1) is 10.6. The topological polar surface area (TPSA) is 0 Å². The van der Waals surface area contributed by atoms with Crippen molar-refractivity contribution in [3.05, 3.63) is 29.8 Å².